The third-order valence-corrected chi connectivity index (χ3v) is 4.01. The Hall–Kier alpha value is -1.40. The standard InChI is InChI=1S/C13H18N2O3S/c1-3-18-13(17)11-6-14-4-5-15(11)12(16)10-8-19-7-9(10)2/h7-8,11,14H,3-6H2,1-2H3. The van der Waals surface area contributed by atoms with Gasteiger partial charge in [-0.3, -0.25) is 4.79 Å². The Morgan fingerprint density at radius 3 is 2.95 bits per heavy atom. The van der Waals surface area contributed by atoms with Crippen molar-refractivity contribution in [1.29, 1.82) is 0 Å². The zero-order valence-corrected chi connectivity index (χ0v) is 12.0. The van der Waals surface area contributed by atoms with Gasteiger partial charge in [-0.05, 0) is 24.8 Å². The van der Waals surface area contributed by atoms with Crippen LogP contribution >= 0.6 is 11.3 Å². The van der Waals surface area contributed by atoms with Gasteiger partial charge in [0.1, 0.15) is 6.04 Å². The van der Waals surface area contributed by atoms with Crippen LogP contribution in [0.3, 0.4) is 0 Å². The van der Waals surface area contributed by atoms with Gasteiger partial charge in [0.2, 0.25) is 0 Å². The van der Waals surface area contributed by atoms with Crippen molar-refractivity contribution in [2.75, 3.05) is 26.2 Å². The molecule has 5 nitrogen and oxygen atoms in total. The van der Waals surface area contributed by atoms with E-state index in [9.17, 15) is 9.59 Å². The maximum Gasteiger partial charge on any atom is 0.330 e. The lowest BCUT2D eigenvalue weighted by molar-refractivity contribution is -0.149. The first-order chi connectivity index (χ1) is 9.15. The molecule has 0 spiro atoms. The largest absolute Gasteiger partial charge is 0.464 e. The summed E-state index contributed by atoms with van der Waals surface area (Å²) in [6.45, 7) is 5.68. The molecule has 1 amide bonds. The van der Waals surface area contributed by atoms with Crippen molar-refractivity contribution in [3.63, 3.8) is 0 Å². The summed E-state index contributed by atoms with van der Waals surface area (Å²) >= 11 is 1.50. The van der Waals surface area contributed by atoms with Crippen molar-refractivity contribution in [2.24, 2.45) is 0 Å². The summed E-state index contributed by atoms with van der Waals surface area (Å²) in [7, 11) is 0. The predicted molar refractivity (Wildman–Crippen MR) is 73.4 cm³/mol. The minimum absolute atomic E-state index is 0.0849. The zero-order chi connectivity index (χ0) is 13.8. The van der Waals surface area contributed by atoms with Crippen LogP contribution in [0.25, 0.3) is 0 Å². The molecule has 19 heavy (non-hydrogen) atoms. The topological polar surface area (TPSA) is 58.6 Å². The highest BCUT2D eigenvalue weighted by Gasteiger charge is 2.34. The molecule has 1 unspecified atom stereocenters. The van der Waals surface area contributed by atoms with E-state index in [1.807, 2.05) is 17.7 Å². The predicted octanol–water partition coefficient (Wildman–Crippen LogP) is 1.03. The van der Waals surface area contributed by atoms with E-state index in [1.165, 1.54) is 11.3 Å². The number of carbonyl (C=O) groups is 2. The Labute approximate surface area is 116 Å². The van der Waals surface area contributed by atoms with Crippen molar-refractivity contribution in [1.82, 2.24) is 10.2 Å². The fourth-order valence-electron chi connectivity index (χ4n) is 2.13. The van der Waals surface area contributed by atoms with Gasteiger partial charge in [0.05, 0.1) is 12.2 Å². The Morgan fingerprint density at radius 2 is 2.32 bits per heavy atom. The van der Waals surface area contributed by atoms with Crippen molar-refractivity contribution in [2.45, 2.75) is 19.9 Å². The molecule has 0 bridgehead atoms. The number of thiophene rings is 1. The van der Waals surface area contributed by atoms with Crippen LogP contribution in [0.1, 0.15) is 22.8 Å². The first-order valence-corrected chi connectivity index (χ1v) is 7.30. The van der Waals surface area contributed by atoms with Crippen molar-refractivity contribution in [3.05, 3.63) is 21.9 Å². The summed E-state index contributed by atoms with van der Waals surface area (Å²) in [6.07, 6.45) is 0. The summed E-state index contributed by atoms with van der Waals surface area (Å²) in [5, 5.41) is 6.90. The highest BCUT2D eigenvalue weighted by molar-refractivity contribution is 7.08. The van der Waals surface area contributed by atoms with Crippen LogP contribution in [-0.4, -0.2) is 49.1 Å². The number of rotatable bonds is 3. The number of amides is 1. The molecule has 2 rings (SSSR count). The number of esters is 1. The fourth-order valence-corrected chi connectivity index (χ4v) is 2.95. The molecule has 104 valence electrons. The molecule has 1 atom stereocenters. The van der Waals surface area contributed by atoms with Crippen molar-refractivity contribution in [3.8, 4) is 0 Å². The van der Waals surface area contributed by atoms with Crippen LogP contribution in [-0.2, 0) is 9.53 Å². The second-order valence-electron chi connectivity index (χ2n) is 4.44. The van der Waals surface area contributed by atoms with Gasteiger partial charge in [-0.15, -0.1) is 0 Å². The van der Waals surface area contributed by atoms with Gasteiger partial charge in [-0.2, -0.15) is 11.3 Å². The Balaban J connectivity index is 2.18. The van der Waals surface area contributed by atoms with E-state index < -0.39 is 6.04 Å². The molecule has 1 aliphatic rings. The van der Waals surface area contributed by atoms with E-state index in [4.69, 9.17) is 4.74 Å². The van der Waals surface area contributed by atoms with Crippen molar-refractivity contribution < 1.29 is 14.3 Å². The summed E-state index contributed by atoms with van der Waals surface area (Å²) in [4.78, 5) is 26.0. The monoisotopic (exact) mass is 282 g/mol. The highest BCUT2D eigenvalue weighted by Crippen LogP contribution is 2.18. The SMILES string of the molecule is CCOC(=O)C1CNCCN1C(=O)c1cscc1C. The summed E-state index contributed by atoms with van der Waals surface area (Å²) in [6, 6.07) is -0.527. The second-order valence-corrected chi connectivity index (χ2v) is 5.18. The first-order valence-electron chi connectivity index (χ1n) is 6.36. The summed E-state index contributed by atoms with van der Waals surface area (Å²) < 4.78 is 5.04. The lowest BCUT2D eigenvalue weighted by atomic mass is 10.1. The van der Waals surface area contributed by atoms with E-state index in [2.05, 4.69) is 5.32 Å². The fraction of sp³-hybridized carbons (Fsp3) is 0.538. The van der Waals surface area contributed by atoms with Gasteiger partial charge in [0.25, 0.3) is 5.91 Å². The number of hydrogen-bond donors (Lipinski definition) is 1. The molecule has 1 aromatic rings. The first kappa shape index (κ1) is 14.0. The molecule has 1 saturated heterocycles. The molecule has 0 aromatic carbocycles. The van der Waals surface area contributed by atoms with Crippen LogP contribution in [0.4, 0.5) is 0 Å². The van der Waals surface area contributed by atoms with Gasteiger partial charge in [-0.1, -0.05) is 0 Å². The third-order valence-electron chi connectivity index (χ3n) is 3.15. The van der Waals surface area contributed by atoms with Gasteiger partial charge in [-0.25, -0.2) is 4.79 Å². The minimum Gasteiger partial charge on any atom is -0.464 e. The molecule has 0 saturated carbocycles. The van der Waals surface area contributed by atoms with E-state index in [1.54, 1.807) is 11.8 Å². The molecule has 2 heterocycles. The lowest BCUT2D eigenvalue weighted by Crippen LogP contribution is -2.57. The maximum absolute atomic E-state index is 12.5. The quantitative estimate of drug-likeness (QED) is 0.841. The molecule has 0 aliphatic carbocycles. The summed E-state index contributed by atoms with van der Waals surface area (Å²) in [5.74, 6) is -0.422. The van der Waals surface area contributed by atoms with E-state index >= 15 is 0 Å². The smallest absolute Gasteiger partial charge is 0.330 e. The molecule has 1 N–H and O–H groups in total. The molecular formula is C13H18N2O3S. The number of hydrogen-bond acceptors (Lipinski definition) is 5. The van der Waals surface area contributed by atoms with E-state index in [-0.39, 0.29) is 11.9 Å². The normalized spacial score (nSPS) is 19.3. The summed E-state index contributed by atoms with van der Waals surface area (Å²) in [5.41, 5.74) is 1.64. The van der Waals surface area contributed by atoms with Crippen LogP contribution in [0.5, 0.6) is 0 Å². The zero-order valence-electron chi connectivity index (χ0n) is 11.1. The molecule has 0 radical (unpaired) electrons. The van der Waals surface area contributed by atoms with Gasteiger partial charge in [0, 0.05) is 25.0 Å². The van der Waals surface area contributed by atoms with E-state index in [0.717, 1.165) is 5.56 Å². The maximum atomic E-state index is 12.5. The van der Waals surface area contributed by atoms with Crippen LogP contribution in [0, 0.1) is 6.92 Å². The number of nitrogens with zero attached hydrogens (tertiary/aromatic N) is 1. The van der Waals surface area contributed by atoms with Crippen LogP contribution in [0.2, 0.25) is 0 Å². The number of ether oxygens (including phenoxy) is 1. The second kappa shape index (κ2) is 6.16. The minimum atomic E-state index is -0.527. The molecule has 1 aliphatic heterocycles. The Kier molecular flexibility index (Phi) is 4.55. The number of nitrogens with one attached hydrogen (secondary N) is 1. The number of aryl methyl sites for hydroxylation is 1. The molecule has 6 heteroatoms. The number of carbonyl (C=O) groups excluding carboxylic acids is 2. The average Bonchev–Trinajstić information content (AvgIpc) is 2.84. The Morgan fingerprint density at radius 1 is 1.53 bits per heavy atom. The van der Waals surface area contributed by atoms with E-state index in [0.29, 0.717) is 31.8 Å². The molecule has 1 aromatic heterocycles. The lowest BCUT2D eigenvalue weighted by Gasteiger charge is -2.34. The Bertz CT molecular complexity index is 472. The van der Waals surface area contributed by atoms with Crippen LogP contribution in [0.15, 0.2) is 10.8 Å². The molecule has 1 fully saturated rings. The molecular weight excluding hydrogens is 264 g/mol. The van der Waals surface area contributed by atoms with Gasteiger partial charge >= 0.3 is 5.97 Å². The van der Waals surface area contributed by atoms with Gasteiger partial charge in [0.15, 0.2) is 0 Å². The third kappa shape index (κ3) is 2.96. The van der Waals surface area contributed by atoms with Gasteiger partial charge < -0.3 is 15.0 Å². The van der Waals surface area contributed by atoms with Crippen molar-refractivity contribution >= 4 is 23.2 Å². The highest BCUT2D eigenvalue weighted by atomic mass is 32.1. The number of piperazine rings is 1. The average molecular weight is 282 g/mol. The van der Waals surface area contributed by atoms with Crippen LogP contribution < -0.4 is 5.32 Å².